The highest BCUT2D eigenvalue weighted by atomic mass is 35.5. The second-order valence-electron chi connectivity index (χ2n) is 3.78. The van der Waals surface area contributed by atoms with E-state index in [0.29, 0.717) is 11.9 Å². The predicted octanol–water partition coefficient (Wildman–Crippen LogP) is 2.98. The van der Waals surface area contributed by atoms with E-state index in [9.17, 15) is 0 Å². The molecule has 72 valence electrons. The van der Waals surface area contributed by atoms with Crippen LogP contribution < -0.4 is 0 Å². The molecular formula is C10H15ClN2. The lowest BCUT2D eigenvalue weighted by atomic mass is 10.2. The summed E-state index contributed by atoms with van der Waals surface area (Å²) in [6.45, 7) is 2.24. The molecule has 0 radical (unpaired) electrons. The van der Waals surface area contributed by atoms with Gasteiger partial charge in [0.1, 0.15) is 0 Å². The summed E-state index contributed by atoms with van der Waals surface area (Å²) < 4.78 is 2.24. The fourth-order valence-electron chi connectivity index (χ4n) is 1.99. The number of hydrogen-bond donors (Lipinski definition) is 0. The van der Waals surface area contributed by atoms with Crippen LogP contribution in [-0.4, -0.2) is 9.55 Å². The largest absolute Gasteiger partial charge is 0.330 e. The van der Waals surface area contributed by atoms with Gasteiger partial charge in [-0.05, 0) is 18.8 Å². The smallest absolute Gasteiger partial charge is 0.0951 e. The summed E-state index contributed by atoms with van der Waals surface area (Å²) in [5.74, 6) is 1.45. The first-order chi connectivity index (χ1) is 6.36. The van der Waals surface area contributed by atoms with Crippen molar-refractivity contribution in [3.05, 3.63) is 18.2 Å². The summed E-state index contributed by atoms with van der Waals surface area (Å²) >= 11 is 5.81. The molecule has 0 aliphatic heterocycles. The molecule has 3 heteroatoms. The molecule has 2 atom stereocenters. The number of alkyl halides is 1. The minimum absolute atomic E-state index is 0.579. The van der Waals surface area contributed by atoms with Crippen molar-refractivity contribution in [2.24, 2.45) is 5.92 Å². The van der Waals surface area contributed by atoms with Gasteiger partial charge >= 0.3 is 0 Å². The molecule has 13 heavy (non-hydrogen) atoms. The molecule has 1 aromatic heterocycles. The SMILES string of the molecule is CCCC1CC1n1cncc1CCl. The first kappa shape index (κ1) is 9.07. The molecule has 0 amide bonds. The zero-order chi connectivity index (χ0) is 9.26. The van der Waals surface area contributed by atoms with Gasteiger partial charge in [0, 0.05) is 12.2 Å². The second kappa shape index (κ2) is 3.70. The number of rotatable bonds is 4. The summed E-state index contributed by atoms with van der Waals surface area (Å²) in [4.78, 5) is 4.13. The maximum absolute atomic E-state index is 5.81. The molecule has 0 bridgehead atoms. The van der Waals surface area contributed by atoms with Gasteiger partial charge in [-0.2, -0.15) is 0 Å². The lowest BCUT2D eigenvalue weighted by molar-refractivity contribution is 0.597. The average Bonchev–Trinajstić information content (AvgIpc) is 2.75. The van der Waals surface area contributed by atoms with Gasteiger partial charge in [0.2, 0.25) is 0 Å². The van der Waals surface area contributed by atoms with Gasteiger partial charge in [-0.15, -0.1) is 11.6 Å². The Kier molecular flexibility index (Phi) is 2.58. The monoisotopic (exact) mass is 198 g/mol. The predicted molar refractivity (Wildman–Crippen MR) is 53.8 cm³/mol. The summed E-state index contributed by atoms with van der Waals surface area (Å²) in [5.41, 5.74) is 1.16. The van der Waals surface area contributed by atoms with Crippen molar-refractivity contribution >= 4 is 11.6 Å². The average molecular weight is 199 g/mol. The molecule has 0 aromatic carbocycles. The van der Waals surface area contributed by atoms with Gasteiger partial charge in [0.25, 0.3) is 0 Å². The minimum atomic E-state index is 0.579. The number of nitrogens with zero attached hydrogens (tertiary/aromatic N) is 2. The van der Waals surface area contributed by atoms with E-state index in [1.165, 1.54) is 19.3 Å². The number of imidazole rings is 1. The standard InChI is InChI=1S/C10H15ClN2/c1-2-3-8-4-10(8)13-7-12-6-9(13)5-11/h6-8,10H,2-5H2,1H3. The van der Waals surface area contributed by atoms with E-state index in [1.54, 1.807) is 0 Å². The van der Waals surface area contributed by atoms with Crippen LogP contribution in [0.4, 0.5) is 0 Å². The van der Waals surface area contributed by atoms with E-state index in [2.05, 4.69) is 16.5 Å². The van der Waals surface area contributed by atoms with Gasteiger partial charge in [0.05, 0.1) is 17.9 Å². The molecule has 0 N–H and O–H groups in total. The molecule has 0 saturated heterocycles. The third-order valence-corrected chi connectivity index (χ3v) is 3.06. The van der Waals surface area contributed by atoms with Crippen LogP contribution in [0, 0.1) is 5.92 Å². The summed E-state index contributed by atoms with van der Waals surface area (Å²) in [6.07, 6.45) is 7.72. The third-order valence-electron chi connectivity index (χ3n) is 2.79. The van der Waals surface area contributed by atoms with E-state index < -0.39 is 0 Å². The number of halogens is 1. The van der Waals surface area contributed by atoms with Crippen molar-refractivity contribution in [2.75, 3.05) is 0 Å². The first-order valence-electron chi connectivity index (χ1n) is 4.93. The molecule has 1 aliphatic rings. The molecule has 1 saturated carbocycles. The molecular weight excluding hydrogens is 184 g/mol. The number of hydrogen-bond acceptors (Lipinski definition) is 1. The van der Waals surface area contributed by atoms with E-state index in [0.717, 1.165) is 11.6 Å². The molecule has 1 aliphatic carbocycles. The summed E-state index contributed by atoms with van der Waals surface area (Å²) in [5, 5.41) is 0. The molecule has 2 nitrogen and oxygen atoms in total. The Morgan fingerprint density at radius 2 is 2.54 bits per heavy atom. The van der Waals surface area contributed by atoms with Crippen molar-refractivity contribution in [1.29, 1.82) is 0 Å². The zero-order valence-corrected chi connectivity index (χ0v) is 8.67. The maximum Gasteiger partial charge on any atom is 0.0951 e. The van der Waals surface area contributed by atoms with Crippen LogP contribution in [0.5, 0.6) is 0 Å². The van der Waals surface area contributed by atoms with Gasteiger partial charge in [-0.1, -0.05) is 13.3 Å². The lowest BCUT2D eigenvalue weighted by Gasteiger charge is -2.04. The highest BCUT2D eigenvalue weighted by Gasteiger charge is 2.38. The van der Waals surface area contributed by atoms with Crippen LogP contribution in [0.2, 0.25) is 0 Å². The molecule has 2 unspecified atom stereocenters. The van der Waals surface area contributed by atoms with Crippen LogP contribution >= 0.6 is 11.6 Å². The van der Waals surface area contributed by atoms with E-state index in [4.69, 9.17) is 11.6 Å². The van der Waals surface area contributed by atoms with Gasteiger partial charge in [-0.3, -0.25) is 0 Å². The second-order valence-corrected chi connectivity index (χ2v) is 4.04. The van der Waals surface area contributed by atoms with Gasteiger partial charge in [0.15, 0.2) is 0 Å². The minimum Gasteiger partial charge on any atom is -0.330 e. The van der Waals surface area contributed by atoms with Crippen molar-refractivity contribution in [2.45, 2.75) is 38.1 Å². The fourth-order valence-corrected chi connectivity index (χ4v) is 2.19. The van der Waals surface area contributed by atoms with Gasteiger partial charge in [-0.25, -0.2) is 4.98 Å². The highest BCUT2D eigenvalue weighted by Crippen LogP contribution is 2.46. The topological polar surface area (TPSA) is 17.8 Å². The first-order valence-corrected chi connectivity index (χ1v) is 5.47. The van der Waals surface area contributed by atoms with E-state index in [1.807, 2.05) is 12.5 Å². The van der Waals surface area contributed by atoms with Crippen molar-refractivity contribution < 1.29 is 0 Å². The normalized spacial score (nSPS) is 26.3. The fraction of sp³-hybridized carbons (Fsp3) is 0.700. The molecule has 1 fully saturated rings. The Labute approximate surface area is 83.9 Å². The molecule has 0 spiro atoms. The van der Waals surface area contributed by atoms with Crippen molar-refractivity contribution in [1.82, 2.24) is 9.55 Å². The third kappa shape index (κ3) is 1.73. The Morgan fingerprint density at radius 3 is 3.23 bits per heavy atom. The molecule has 1 heterocycles. The Balaban J connectivity index is 2.02. The summed E-state index contributed by atoms with van der Waals surface area (Å²) in [7, 11) is 0. The van der Waals surface area contributed by atoms with Crippen LogP contribution in [0.1, 0.15) is 37.9 Å². The molecule has 1 aromatic rings. The highest BCUT2D eigenvalue weighted by molar-refractivity contribution is 6.16. The van der Waals surface area contributed by atoms with Gasteiger partial charge < -0.3 is 4.57 Å². The zero-order valence-electron chi connectivity index (χ0n) is 7.91. The van der Waals surface area contributed by atoms with Crippen LogP contribution in [0.15, 0.2) is 12.5 Å². The maximum atomic E-state index is 5.81. The Bertz CT molecular complexity index is 282. The van der Waals surface area contributed by atoms with E-state index >= 15 is 0 Å². The van der Waals surface area contributed by atoms with Crippen LogP contribution in [0.25, 0.3) is 0 Å². The number of aromatic nitrogens is 2. The Morgan fingerprint density at radius 1 is 1.69 bits per heavy atom. The lowest BCUT2D eigenvalue weighted by Crippen LogP contribution is -1.98. The van der Waals surface area contributed by atoms with Crippen LogP contribution in [0.3, 0.4) is 0 Å². The van der Waals surface area contributed by atoms with Crippen LogP contribution in [-0.2, 0) is 5.88 Å². The quantitative estimate of drug-likeness (QED) is 0.681. The summed E-state index contributed by atoms with van der Waals surface area (Å²) in [6, 6.07) is 0.691. The van der Waals surface area contributed by atoms with Crippen molar-refractivity contribution in [3.8, 4) is 0 Å². The van der Waals surface area contributed by atoms with Crippen molar-refractivity contribution in [3.63, 3.8) is 0 Å². The Hall–Kier alpha value is -0.500. The van der Waals surface area contributed by atoms with E-state index in [-0.39, 0.29) is 0 Å². The molecule has 2 rings (SSSR count).